The highest BCUT2D eigenvalue weighted by Crippen LogP contribution is 2.12. The smallest absolute Gasteiger partial charge is 0.280 e. The van der Waals surface area contributed by atoms with Gasteiger partial charge in [0.1, 0.15) is 0 Å². The molecule has 17 heavy (non-hydrogen) atoms. The van der Waals surface area contributed by atoms with Crippen molar-refractivity contribution in [3.63, 3.8) is 0 Å². The van der Waals surface area contributed by atoms with E-state index in [4.69, 9.17) is 5.73 Å². The molecule has 0 aliphatic rings. The van der Waals surface area contributed by atoms with E-state index in [2.05, 4.69) is 21.9 Å². The van der Waals surface area contributed by atoms with Crippen molar-refractivity contribution in [2.75, 3.05) is 12.3 Å². The minimum absolute atomic E-state index is 0.0520. The standard InChI is InChI=1S/C11H20N4O2/c1-4-5-6-7-15(8(2)3)11(16)9-10(12)14-17-13-9/h8H,4-7H2,1-3H3,(H2,12,14). The van der Waals surface area contributed by atoms with Crippen LogP contribution in [-0.2, 0) is 0 Å². The lowest BCUT2D eigenvalue weighted by Gasteiger charge is -2.25. The largest absolute Gasteiger partial charge is 0.379 e. The molecule has 96 valence electrons. The number of aromatic nitrogens is 2. The Hall–Kier alpha value is -1.59. The first-order valence-electron chi connectivity index (χ1n) is 5.97. The van der Waals surface area contributed by atoms with Crippen LogP contribution in [0.25, 0.3) is 0 Å². The number of hydrogen-bond acceptors (Lipinski definition) is 5. The van der Waals surface area contributed by atoms with Gasteiger partial charge in [-0.1, -0.05) is 19.8 Å². The third-order valence-electron chi connectivity index (χ3n) is 2.60. The van der Waals surface area contributed by atoms with E-state index in [1.807, 2.05) is 13.8 Å². The Balaban J connectivity index is 2.71. The highest BCUT2D eigenvalue weighted by Gasteiger charge is 2.24. The molecule has 1 heterocycles. The fourth-order valence-corrected chi connectivity index (χ4v) is 1.61. The second kappa shape index (κ2) is 6.22. The van der Waals surface area contributed by atoms with Gasteiger partial charge >= 0.3 is 0 Å². The number of nitrogens with two attached hydrogens (primary N) is 1. The Morgan fingerprint density at radius 2 is 2.12 bits per heavy atom. The molecule has 2 N–H and O–H groups in total. The fourth-order valence-electron chi connectivity index (χ4n) is 1.61. The van der Waals surface area contributed by atoms with Crippen LogP contribution < -0.4 is 5.73 Å². The summed E-state index contributed by atoms with van der Waals surface area (Å²) in [5.41, 5.74) is 5.63. The predicted molar refractivity (Wildman–Crippen MR) is 64.4 cm³/mol. The van der Waals surface area contributed by atoms with Crippen LogP contribution in [0.4, 0.5) is 5.82 Å². The summed E-state index contributed by atoms with van der Waals surface area (Å²) in [6, 6.07) is 0.107. The van der Waals surface area contributed by atoms with Crippen LogP contribution in [0.1, 0.15) is 50.5 Å². The van der Waals surface area contributed by atoms with Crippen molar-refractivity contribution in [3.05, 3.63) is 5.69 Å². The molecular weight excluding hydrogens is 220 g/mol. The molecule has 0 aromatic carbocycles. The molecule has 0 fully saturated rings. The Bertz CT molecular complexity index is 362. The summed E-state index contributed by atoms with van der Waals surface area (Å²) in [4.78, 5) is 13.9. The van der Waals surface area contributed by atoms with Gasteiger partial charge in [-0.05, 0) is 30.6 Å². The third kappa shape index (κ3) is 3.44. The van der Waals surface area contributed by atoms with Gasteiger partial charge in [0.05, 0.1) is 0 Å². The number of nitrogen functional groups attached to an aromatic ring is 1. The van der Waals surface area contributed by atoms with Gasteiger partial charge in [-0.15, -0.1) is 0 Å². The second-order valence-electron chi connectivity index (χ2n) is 4.30. The molecule has 0 saturated heterocycles. The first-order valence-corrected chi connectivity index (χ1v) is 5.97. The van der Waals surface area contributed by atoms with E-state index in [9.17, 15) is 4.79 Å². The molecule has 1 amide bonds. The van der Waals surface area contributed by atoms with Crippen LogP contribution in [0.5, 0.6) is 0 Å². The SMILES string of the molecule is CCCCCN(C(=O)c1nonc1N)C(C)C. The monoisotopic (exact) mass is 240 g/mol. The minimum Gasteiger partial charge on any atom is -0.379 e. The summed E-state index contributed by atoms with van der Waals surface area (Å²) in [6.45, 7) is 6.76. The average Bonchev–Trinajstić information content (AvgIpc) is 2.69. The number of unbranched alkanes of at least 4 members (excludes halogenated alkanes) is 2. The molecular formula is C11H20N4O2. The quantitative estimate of drug-likeness (QED) is 0.765. The number of hydrogen-bond donors (Lipinski definition) is 1. The lowest BCUT2D eigenvalue weighted by Crippen LogP contribution is -2.38. The van der Waals surface area contributed by atoms with Crippen molar-refractivity contribution < 1.29 is 9.42 Å². The second-order valence-corrected chi connectivity index (χ2v) is 4.30. The molecule has 0 unspecified atom stereocenters. The number of amides is 1. The summed E-state index contributed by atoms with van der Waals surface area (Å²) in [5, 5.41) is 6.96. The molecule has 1 rings (SSSR count). The fraction of sp³-hybridized carbons (Fsp3) is 0.727. The summed E-state index contributed by atoms with van der Waals surface area (Å²) in [7, 11) is 0. The van der Waals surface area contributed by atoms with E-state index >= 15 is 0 Å². The van der Waals surface area contributed by atoms with Crippen molar-refractivity contribution in [2.24, 2.45) is 0 Å². The number of carbonyl (C=O) groups is 1. The van der Waals surface area contributed by atoms with Gasteiger partial charge in [0, 0.05) is 12.6 Å². The molecule has 6 nitrogen and oxygen atoms in total. The van der Waals surface area contributed by atoms with Crippen LogP contribution >= 0.6 is 0 Å². The highest BCUT2D eigenvalue weighted by atomic mass is 16.6. The maximum atomic E-state index is 12.1. The first-order chi connectivity index (χ1) is 8.07. The van der Waals surface area contributed by atoms with Gasteiger partial charge in [-0.3, -0.25) is 4.79 Å². The normalized spacial score (nSPS) is 10.8. The van der Waals surface area contributed by atoms with Crippen LogP contribution in [0.15, 0.2) is 4.63 Å². The minimum atomic E-state index is -0.213. The van der Waals surface area contributed by atoms with Crippen molar-refractivity contribution in [1.82, 2.24) is 15.2 Å². The molecule has 0 saturated carbocycles. The van der Waals surface area contributed by atoms with E-state index in [0.717, 1.165) is 19.3 Å². The molecule has 0 spiro atoms. The van der Waals surface area contributed by atoms with Crippen LogP contribution in [0.3, 0.4) is 0 Å². The molecule has 0 atom stereocenters. The third-order valence-corrected chi connectivity index (χ3v) is 2.60. The molecule has 0 aliphatic carbocycles. The van der Waals surface area contributed by atoms with E-state index in [1.165, 1.54) is 0 Å². The van der Waals surface area contributed by atoms with E-state index < -0.39 is 0 Å². The molecule has 6 heteroatoms. The summed E-state index contributed by atoms with van der Waals surface area (Å²) in [5.74, 6) is -0.161. The van der Waals surface area contributed by atoms with Gasteiger partial charge < -0.3 is 10.6 Å². The van der Waals surface area contributed by atoms with Gasteiger partial charge in [0.15, 0.2) is 0 Å². The average molecular weight is 240 g/mol. The lowest BCUT2D eigenvalue weighted by atomic mass is 10.2. The zero-order chi connectivity index (χ0) is 12.8. The van der Waals surface area contributed by atoms with Gasteiger partial charge in [-0.2, -0.15) is 0 Å². The first kappa shape index (κ1) is 13.5. The molecule has 0 bridgehead atoms. The topological polar surface area (TPSA) is 85.2 Å². The van der Waals surface area contributed by atoms with Crippen molar-refractivity contribution in [2.45, 2.75) is 46.1 Å². The van der Waals surface area contributed by atoms with Crippen molar-refractivity contribution in [1.29, 1.82) is 0 Å². The zero-order valence-electron chi connectivity index (χ0n) is 10.6. The molecule has 1 aromatic rings. The summed E-state index contributed by atoms with van der Waals surface area (Å²) in [6.07, 6.45) is 3.20. The predicted octanol–water partition coefficient (Wildman–Crippen LogP) is 1.69. The Labute approximate surface area is 101 Å². The van der Waals surface area contributed by atoms with E-state index in [1.54, 1.807) is 4.90 Å². The number of anilines is 1. The maximum Gasteiger partial charge on any atom is 0.280 e. The maximum absolute atomic E-state index is 12.1. The van der Waals surface area contributed by atoms with Crippen molar-refractivity contribution in [3.8, 4) is 0 Å². The van der Waals surface area contributed by atoms with Gasteiger partial charge in [-0.25, -0.2) is 4.63 Å². The highest BCUT2D eigenvalue weighted by molar-refractivity contribution is 5.96. The lowest BCUT2D eigenvalue weighted by molar-refractivity contribution is 0.0691. The van der Waals surface area contributed by atoms with Crippen LogP contribution in [0.2, 0.25) is 0 Å². The van der Waals surface area contributed by atoms with E-state index in [-0.39, 0.29) is 23.5 Å². The molecule has 0 aliphatic heterocycles. The summed E-state index contributed by atoms with van der Waals surface area (Å²) < 4.78 is 4.45. The van der Waals surface area contributed by atoms with Crippen LogP contribution in [0, 0.1) is 0 Å². The number of nitrogens with zero attached hydrogens (tertiary/aromatic N) is 3. The van der Waals surface area contributed by atoms with Gasteiger partial charge in [0.25, 0.3) is 5.91 Å². The Kier molecular flexibility index (Phi) is 4.93. The van der Waals surface area contributed by atoms with Gasteiger partial charge in [0.2, 0.25) is 11.5 Å². The zero-order valence-corrected chi connectivity index (χ0v) is 10.6. The molecule has 0 radical (unpaired) electrons. The molecule has 1 aromatic heterocycles. The number of carbonyl (C=O) groups excluding carboxylic acids is 1. The van der Waals surface area contributed by atoms with Crippen LogP contribution in [-0.4, -0.2) is 33.7 Å². The Morgan fingerprint density at radius 1 is 1.41 bits per heavy atom. The Morgan fingerprint density at radius 3 is 2.59 bits per heavy atom. The number of rotatable bonds is 6. The summed E-state index contributed by atoms with van der Waals surface area (Å²) >= 11 is 0. The van der Waals surface area contributed by atoms with Crippen molar-refractivity contribution >= 4 is 11.7 Å². The van der Waals surface area contributed by atoms with E-state index in [0.29, 0.717) is 6.54 Å².